The van der Waals surface area contributed by atoms with E-state index in [2.05, 4.69) is 17.2 Å². The molecule has 1 unspecified atom stereocenters. The van der Waals surface area contributed by atoms with Crippen LogP contribution in [-0.4, -0.2) is 34.8 Å². The van der Waals surface area contributed by atoms with Gasteiger partial charge in [-0.3, -0.25) is 9.59 Å². The van der Waals surface area contributed by atoms with Crippen LogP contribution in [0.5, 0.6) is 0 Å². The first-order valence-electron chi connectivity index (χ1n) is 9.13. The summed E-state index contributed by atoms with van der Waals surface area (Å²) in [5, 5.41) is 7.81. The molecule has 0 radical (unpaired) electrons. The summed E-state index contributed by atoms with van der Waals surface area (Å²) in [6.07, 6.45) is 1.33. The summed E-state index contributed by atoms with van der Waals surface area (Å²) in [5.41, 5.74) is 1.88. The Morgan fingerprint density at radius 2 is 1.93 bits per heavy atom. The van der Waals surface area contributed by atoms with Crippen LogP contribution in [0.1, 0.15) is 32.9 Å². The van der Waals surface area contributed by atoms with Gasteiger partial charge >= 0.3 is 0 Å². The van der Waals surface area contributed by atoms with Crippen molar-refractivity contribution in [2.75, 3.05) is 7.05 Å². The normalized spacial score (nSPS) is 11.8. The maximum absolute atomic E-state index is 13.1. The lowest BCUT2D eigenvalue weighted by Gasteiger charge is -2.24. The number of hydrogen-bond donors (Lipinski definition) is 1. The van der Waals surface area contributed by atoms with Crippen molar-refractivity contribution in [2.24, 2.45) is 0 Å². The highest BCUT2D eigenvalue weighted by Gasteiger charge is 2.25. The van der Waals surface area contributed by atoms with Crippen LogP contribution in [0.15, 0.2) is 53.2 Å². The van der Waals surface area contributed by atoms with Gasteiger partial charge in [0.1, 0.15) is 6.04 Å². The Morgan fingerprint density at radius 1 is 1.14 bits per heavy atom. The average molecular weight is 414 g/mol. The van der Waals surface area contributed by atoms with Gasteiger partial charge in [0.25, 0.3) is 5.91 Å². The summed E-state index contributed by atoms with van der Waals surface area (Å²) >= 11 is 2.97. The van der Waals surface area contributed by atoms with Crippen LogP contribution in [0.4, 0.5) is 0 Å². The third-order valence-electron chi connectivity index (χ3n) is 4.31. The molecule has 1 atom stereocenters. The molecule has 0 spiro atoms. The van der Waals surface area contributed by atoms with E-state index in [-0.39, 0.29) is 11.8 Å². The summed E-state index contributed by atoms with van der Waals surface area (Å²) in [7, 11) is 1.75. The first kappa shape index (κ1) is 20.2. The first-order valence-corrected chi connectivity index (χ1v) is 10.9. The highest BCUT2D eigenvalue weighted by atomic mass is 32.1. The summed E-state index contributed by atoms with van der Waals surface area (Å²) in [6, 6.07) is 12.7. The Labute approximate surface area is 173 Å². The molecule has 5 nitrogen and oxygen atoms in total. The number of thiazole rings is 1. The van der Waals surface area contributed by atoms with Crippen LogP contribution in [0, 0.1) is 0 Å². The van der Waals surface area contributed by atoms with Crippen molar-refractivity contribution >= 4 is 34.5 Å². The molecule has 3 aromatic rings. The fourth-order valence-electron chi connectivity index (χ4n) is 2.86. The van der Waals surface area contributed by atoms with Gasteiger partial charge in [-0.15, -0.1) is 22.7 Å². The maximum atomic E-state index is 13.1. The monoisotopic (exact) mass is 413 g/mol. The van der Waals surface area contributed by atoms with E-state index in [0.29, 0.717) is 17.8 Å². The molecule has 0 bridgehead atoms. The molecule has 28 heavy (non-hydrogen) atoms. The third-order valence-corrected chi connectivity index (χ3v) is 6.22. The standard InChI is InChI=1S/C21H23N3O2S2/c1-3-19-22-16(14-28-19)13-24(2)21(26)17(12-15-8-5-4-6-9-15)23-20(25)18-10-7-11-27-18/h4-11,14,17H,3,12-13H2,1-2H3,(H,23,25). The number of thiophene rings is 1. The maximum Gasteiger partial charge on any atom is 0.262 e. The minimum Gasteiger partial charge on any atom is -0.339 e. The molecule has 0 aliphatic carbocycles. The van der Waals surface area contributed by atoms with Gasteiger partial charge in [-0.2, -0.15) is 0 Å². The Balaban J connectivity index is 1.73. The Morgan fingerprint density at radius 3 is 2.57 bits per heavy atom. The lowest BCUT2D eigenvalue weighted by atomic mass is 10.0. The molecule has 0 aliphatic rings. The number of carbonyl (C=O) groups excluding carboxylic acids is 2. The molecule has 0 saturated heterocycles. The van der Waals surface area contributed by atoms with Gasteiger partial charge < -0.3 is 10.2 Å². The molecule has 2 amide bonds. The number of likely N-dealkylation sites (N-methyl/N-ethyl adjacent to an activating group) is 1. The van der Waals surface area contributed by atoms with Crippen LogP contribution in [-0.2, 0) is 24.2 Å². The van der Waals surface area contributed by atoms with Crippen molar-refractivity contribution in [3.63, 3.8) is 0 Å². The van der Waals surface area contributed by atoms with Crippen molar-refractivity contribution in [3.8, 4) is 0 Å². The summed E-state index contributed by atoms with van der Waals surface area (Å²) in [5.74, 6) is -0.348. The predicted molar refractivity (Wildman–Crippen MR) is 114 cm³/mol. The topological polar surface area (TPSA) is 62.3 Å². The van der Waals surface area contributed by atoms with Crippen molar-refractivity contribution in [3.05, 3.63) is 74.4 Å². The Hall–Kier alpha value is -2.51. The van der Waals surface area contributed by atoms with Gasteiger partial charge in [0, 0.05) is 18.8 Å². The SMILES string of the molecule is CCc1nc(CN(C)C(=O)C(Cc2ccccc2)NC(=O)c2cccs2)cs1. The Bertz CT molecular complexity index is 907. The lowest BCUT2D eigenvalue weighted by Crippen LogP contribution is -2.48. The zero-order valence-electron chi connectivity index (χ0n) is 15.9. The molecule has 1 aromatic carbocycles. The van der Waals surface area contributed by atoms with E-state index in [1.807, 2.05) is 47.2 Å². The smallest absolute Gasteiger partial charge is 0.262 e. The summed E-state index contributed by atoms with van der Waals surface area (Å²) in [4.78, 5) is 32.4. The Kier molecular flexibility index (Phi) is 6.95. The predicted octanol–water partition coefficient (Wildman–Crippen LogP) is 3.77. The fraction of sp³-hybridized carbons (Fsp3) is 0.286. The molecule has 1 N–H and O–H groups in total. The number of nitrogens with one attached hydrogen (secondary N) is 1. The summed E-state index contributed by atoms with van der Waals surface area (Å²) in [6.45, 7) is 2.49. The summed E-state index contributed by atoms with van der Waals surface area (Å²) < 4.78 is 0. The average Bonchev–Trinajstić information content (AvgIpc) is 3.39. The fourth-order valence-corrected chi connectivity index (χ4v) is 4.22. The van der Waals surface area contributed by atoms with Crippen LogP contribution >= 0.6 is 22.7 Å². The van der Waals surface area contributed by atoms with Crippen molar-refractivity contribution in [1.29, 1.82) is 0 Å². The molecule has 0 fully saturated rings. The molecule has 2 heterocycles. The van der Waals surface area contributed by atoms with Gasteiger partial charge in [-0.25, -0.2) is 4.98 Å². The number of aryl methyl sites for hydroxylation is 1. The van der Waals surface area contributed by atoms with Crippen LogP contribution in [0.3, 0.4) is 0 Å². The van der Waals surface area contributed by atoms with Crippen molar-refractivity contribution < 1.29 is 9.59 Å². The molecule has 2 aromatic heterocycles. The highest BCUT2D eigenvalue weighted by Crippen LogP contribution is 2.14. The molecule has 7 heteroatoms. The second kappa shape index (κ2) is 9.61. The van der Waals surface area contributed by atoms with E-state index in [4.69, 9.17) is 0 Å². The zero-order valence-corrected chi connectivity index (χ0v) is 17.6. The molecule has 0 aliphatic heterocycles. The second-order valence-electron chi connectivity index (χ2n) is 6.47. The number of rotatable bonds is 8. The molecule has 0 saturated carbocycles. The van der Waals surface area contributed by atoms with E-state index >= 15 is 0 Å². The molecular weight excluding hydrogens is 390 g/mol. The van der Waals surface area contributed by atoms with Gasteiger partial charge in [0.05, 0.1) is 22.1 Å². The van der Waals surface area contributed by atoms with E-state index in [9.17, 15) is 9.59 Å². The quantitative estimate of drug-likeness (QED) is 0.611. The number of hydrogen-bond acceptors (Lipinski definition) is 5. The van der Waals surface area contributed by atoms with Crippen molar-refractivity contribution in [1.82, 2.24) is 15.2 Å². The van der Waals surface area contributed by atoms with E-state index in [1.165, 1.54) is 11.3 Å². The first-order chi connectivity index (χ1) is 13.6. The van der Waals surface area contributed by atoms with Gasteiger partial charge in [0.15, 0.2) is 0 Å². The zero-order chi connectivity index (χ0) is 19.9. The van der Waals surface area contributed by atoms with Gasteiger partial charge in [-0.1, -0.05) is 43.3 Å². The number of nitrogens with zero attached hydrogens (tertiary/aromatic N) is 2. The molecule has 3 rings (SSSR count). The number of carbonyl (C=O) groups is 2. The molecule has 146 valence electrons. The van der Waals surface area contributed by atoms with Gasteiger partial charge in [-0.05, 0) is 23.4 Å². The van der Waals surface area contributed by atoms with Crippen LogP contribution < -0.4 is 5.32 Å². The minimum atomic E-state index is -0.633. The lowest BCUT2D eigenvalue weighted by molar-refractivity contribution is -0.132. The van der Waals surface area contributed by atoms with Crippen LogP contribution in [0.25, 0.3) is 0 Å². The van der Waals surface area contributed by atoms with Crippen LogP contribution in [0.2, 0.25) is 0 Å². The number of aromatic nitrogens is 1. The van der Waals surface area contributed by atoms with E-state index < -0.39 is 6.04 Å². The second-order valence-corrected chi connectivity index (χ2v) is 8.36. The van der Waals surface area contributed by atoms with E-state index in [0.717, 1.165) is 22.7 Å². The highest BCUT2D eigenvalue weighted by molar-refractivity contribution is 7.12. The van der Waals surface area contributed by atoms with E-state index in [1.54, 1.807) is 29.4 Å². The third kappa shape index (κ3) is 5.27. The number of amides is 2. The molecular formula is C21H23N3O2S2. The van der Waals surface area contributed by atoms with Crippen molar-refractivity contribution in [2.45, 2.75) is 32.4 Å². The minimum absolute atomic E-state index is 0.125. The largest absolute Gasteiger partial charge is 0.339 e. The van der Waals surface area contributed by atoms with Gasteiger partial charge in [0.2, 0.25) is 5.91 Å². The number of benzene rings is 1.